The lowest BCUT2D eigenvalue weighted by Gasteiger charge is -2.14. The van der Waals surface area contributed by atoms with Gasteiger partial charge >= 0.3 is 5.97 Å². The Morgan fingerprint density at radius 1 is 1.45 bits per heavy atom. The van der Waals surface area contributed by atoms with E-state index >= 15 is 0 Å². The van der Waals surface area contributed by atoms with Crippen LogP contribution in [0.5, 0.6) is 5.75 Å². The number of nitrogens with zero attached hydrogens (tertiary/aromatic N) is 1. The Kier molecular flexibility index (Phi) is 4.30. The van der Waals surface area contributed by atoms with Gasteiger partial charge in [0.1, 0.15) is 11.8 Å². The van der Waals surface area contributed by atoms with Crippen LogP contribution in [0.1, 0.15) is 28.8 Å². The molecule has 1 fully saturated rings. The Balaban J connectivity index is 2.30. The quantitative estimate of drug-likeness (QED) is 0.607. The van der Waals surface area contributed by atoms with Crippen LogP contribution in [0.4, 0.5) is 5.69 Å². The molecule has 1 aromatic rings. The van der Waals surface area contributed by atoms with Crippen molar-refractivity contribution in [1.82, 2.24) is 5.32 Å². The molecule has 0 saturated heterocycles. The molecule has 0 spiro atoms. The van der Waals surface area contributed by atoms with Crippen LogP contribution < -0.4 is 10.1 Å². The number of carbonyl (C=O) groups excluding carboxylic acids is 1. The number of carboxylic acid groups (broad SMARTS) is 1. The van der Waals surface area contributed by atoms with Crippen molar-refractivity contribution < 1.29 is 24.4 Å². The highest BCUT2D eigenvalue weighted by Crippen LogP contribution is 2.33. The smallest absolute Gasteiger partial charge is 0.326 e. The number of nitrogens with one attached hydrogen (secondary N) is 1. The fourth-order valence-electron chi connectivity index (χ4n) is 2.24. The van der Waals surface area contributed by atoms with Crippen molar-refractivity contribution in [1.29, 1.82) is 0 Å². The van der Waals surface area contributed by atoms with Gasteiger partial charge in [-0.2, -0.15) is 0 Å². The molecule has 1 unspecified atom stereocenters. The van der Waals surface area contributed by atoms with Crippen LogP contribution in [-0.2, 0) is 4.79 Å². The molecule has 0 aromatic heterocycles. The van der Waals surface area contributed by atoms with Crippen molar-refractivity contribution >= 4 is 17.6 Å². The fourth-order valence-corrected chi connectivity index (χ4v) is 2.24. The highest BCUT2D eigenvalue weighted by molar-refractivity contribution is 5.98. The van der Waals surface area contributed by atoms with E-state index in [4.69, 9.17) is 9.84 Å². The lowest BCUT2D eigenvalue weighted by atomic mass is 10.1. The van der Waals surface area contributed by atoms with Gasteiger partial charge < -0.3 is 15.2 Å². The number of carboxylic acids is 1. The summed E-state index contributed by atoms with van der Waals surface area (Å²) in [5, 5.41) is 22.6. The third kappa shape index (κ3) is 3.16. The second-order valence-electron chi connectivity index (χ2n) is 5.21. The van der Waals surface area contributed by atoms with Crippen LogP contribution in [0.2, 0.25) is 0 Å². The minimum Gasteiger partial charge on any atom is -0.496 e. The number of hydrogen-bond donors (Lipinski definition) is 2. The van der Waals surface area contributed by atoms with Gasteiger partial charge in [0, 0.05) is 11.6 Å². The van der Waals surface area contributed by atoms with Crippen molar-refractivity contribution in [2.45, 2.75) is 25.8 Å². The Bertz CT molecular complexity index is 638. The molecule has 2 N–H and O–H groups in total. The highest BCUT2D eigenvalue weighted by atomic mass is 16.6. The molecule has 0 heterocycles. The molecule has 1 amide bonds. The predicted octanol–water partition coefficient (Wildman–Crippen LogP) is 1.50. The first kappa shape index (κ1) is 15.7. The van der Waals surface area contributed by atoms with Gasteiger partial charge in [-0.1, -0.05) is 0 Å². The molecule has 22 heavy (non-hydrogen) atoms. The second-order valence-corrected chi connectivity index (χ2v) is 5.21. The van der Waals surface area contributed by atoms with Gasteiger partial charge in [-0.3, -0.25) is 14.9 Å². The molecule has 0 bridgehead atoms. The van der Waals surface area contributed by atoms with Crippen molar-refractivity contribution in [2.75, 3.05) is 7.11 Å². The monoisotopic (exact) mass is 308 g/mol. The van der Waals surface area contributed by atoms with E-state index in [9.17, 15) is 19.7 Å². The maximum atomic E-state index is 12.2. The van der Waals surface area contributed by atoms with Crippen molar-refractivity contribution in [2.24, 2.45) is 5.92 Å². The molecule has 8 heteroatoms. The van der Waals surface area contributed by atoms with E-state index in [1.54, 1.807) is 0 Å². The average Bonchev–Trinajstić information content (AvgIpc) is 3.28. The van der Waals surface area contributed by atoms with Crippen LogP contribution in [0, 0.1) is 23.0 Å². The number of benzene rings is 1. The summed E-state index contributed by atoms with van der Waals surface area (Å²) in [4.78, 5) is 33.8. The third-order valence-corrected chi connectivity index (χ3v) is 3.66. The number of carbonyl (C=O) groups is 2. The third-order valence-electron chi connectivity index (χ3n) is 3.66. The fraction of sp³-hybridized carbons (Fsp3) is 0.429. The molecule has 118 valence electrons. The van der Waals surface area contributed by atoms with Gasteiger partial charge in [-0.15, -0.1) is 0 Å². The van der Waals surface area contributed by atoms with Crippen molar-refractivity contribution in [3.05, 3.63) is 33.4 Å². The molecular formula is C14H16N2O6. The highest BCUT2D eigenvalue weighted by Gasteiger charge is 2.37. The van der Waals surface area contributed by atoms with Crippen molar-refractivity contribution in [3.63, 3.8) is 0 Å². The van der Waals surface area contributed by atoms with Gasteiger partial charge in [-0.05, 0) is 31.7 Å². The second kappa shape index (κ2) is 6.00. The number of ether oxygens (including phenoxy) is 1. The predicted molar refractivity (Wildman–Crippen MR) is 76.0 cm³/mol. The van der Waals surface area contributed by atoms with E-state index in [1.165, 1.54) is 20.1 Å². The first-order valence-corrected chi connectivity index (χ1v) is 6.71. The van der Waals surface area contributed by atoms with E-state index in [2.05, 4.69) is 5.32 Å². The average molecular weight is 308 g/mol. The van der Waals surface area contributed by atoms with Gasteiger partial charge in [0.2, 0.25) is 0 Å². The molecule has 1 saturated carbocycles. The topological polar surface area (TPSA) is 119 Å². The van der Waals surface area contributed by atoms with E-state index in [1.807, 2.05) is 0 Å². The first-order chi connectivity index (χ1) is 10.3. The number of aliphatic carboxylic acids is 1. The summed E-state index contributed by atoms with van der Waals surface area (Å²) in [5.74, 6) is -1.65. The first-order valence-electron chi connectivity index (χ1n) is 6.71. The summed E-state index contributed by atoms with van der Waals surface area (Å²) in [5.41, 5.74) is 0.0601. The van der Waals surface area contributed by atoms with Gasteiger partial charge in [0.25, 0.3) is 11.6 Å². The lowest BCUT2D eigenvalue weighted by molar-refractivity contribution is -0.385. The SMILES string of the molecule is COc1cc(C(=O)NC(C(=O)O)C2CC2)cc([N+](=O)[O-])c1C. The number of rotatable bonds is 6. The summed E-state index contributed by atoms with van der Waals surface area (Å²) in [6, 6.07) is 1.52. The number of amides is 1. The van der Waals surface area contributed by atoms with Crippen LogP contribution in [0.3, 0.4) is 0 Å². The summed E-state index contributed by atoms with van der Waals surface area (Å²) in [7, 11) is 1.35. The zero-order valence-corrected chi connectivity index (χ0v) is 12.2. The summed E-state index contributed by atoms with van der Waals surface area (Å²) < 4.78 is 5.04. The zero-order chi connectivity index (χ0) is 16.4. The maximum absolute atomic E-state index is 12.2. The van der Waals surface area contributed by atoms with E-state index < -0.39 is 22.8 Å². The van der Waals surface area contributed by atoms with Gasteiger partial charge in [0.05, 0.1) is 17.6 Å². The van der Waals surface area contributed by atoms with Crippen LogP contribution in [0.15, 0.2) is 12.1 Å². The molecule has 1 aliphatic carbocycles. The van der Waals surface area contributed by atoms with Crippen molar-refractivity contribution in [3.8, 4) is 5.75 Å². The summed E-state index contributed by atoms with van der Waals surface area (Å²) in [6.45, 7) is 1.52. The molecule has 0 radical (unpaired) electrons. The molecular weight excluding hydrogens is 292 g/mol. The minimum absolute atomic E-state index is 0.000972. The Morgan fingerprint density at radius 2 is 2.09 bits per heavy atom. The molecule has 1 atom stereocenters. The Morgan fingerprint density at radius 3 is 2.55 bits per heavy atom. The number of hydrogen-bond acceptors (Lipinski definition) is 5. The molecule has 1 aliphatic rings. The number of methoxy groups -OCH3 is 1. The van der Waals surface area contributed by atoms with Gasteiger partial charge in [0.15, 0.2) is 0 Å². The standard InChI is InChI=1S/C14H16N2O6/c1-7-10(16(20)21)5-9(6-11(7)22-2)13(17)15-12(14(18)19)8-3-4-8/h5-6,8,12H,3-4H2,1-2H3,(H,15,17)(H,18,19). The van der Waals surface area contributed by atoms with Crippen LogP contribution in [-0.4, -0.2) is 35.1 Å². The molecule has 2 rings (SSSR count). The van der Waals surface area contributed by atoms with Crippen LogP contribution in [0.25, 0.3) is 0 Å². The Labute approximate surface area is 126 Å². The zero-order valence-electron chi connectivity index (χ0n) is 12.2. The van der Waals surface area contributed by atoms with E-state index in [0.717, 1.165) is 18.9 Å². The largest absolute Gasteiger partial charge is 0.496 e. The molecule has 1 aromatic carbocycles. The van der Waals surface area contributed by atoms with Crippen LogP contribution >= 0.6 is 0 Å². The molecule has 0 aliphatic heterocycles. The Hall–Kier alpha value is -2.64. The summed E-state index contributed by atoms with van der Waals surface area (Å²) >= 11 is 0. The lowest BCUT2D eigenvalue weighted by Crippen LogP contribution is -2.42. The number of nitro benzene ring substituents is 1. The summed E-state index contributed by atoms with van der Waals surface area (Å²) in [6.07, 6.45) is 1.49. The number of nitro groups is 1. The maximum Gasteiger partial charge on any atom is 0.326 e. The van der Waals surface area contributed by atoms with E-state index in [0.29, 0.717) is 5.56 Å². The normalized spacial score (nSPS) is 15.0. The minimum atomic E-state index is -1.11. The van der Waals surface area contributed by atoms with E-state index in [-0.39, 0.29) is 22.9 Å². The molecule has 8 nitrogen and oxygen atoms in total. The van der Waals surface area contributed by atoms with Gasteiger partial charge in [-0.25, -0.2) is 4.79 Å².